The number of carbonyl (C=O) groups is 1. The Morgan fingerprint density at radius 3 is 2.50 bits per heavy atom. The van der Waals surface area contributed by atoms with Crippen LogP contribution in [-0.4, -0.2) is 17.0 Å². The third kappa shape index (κ3) is 2.65. The number of hydrogen-bond acceptors (Lipinski definition) is 2. The van der Waals surface area contributed by atoms with Gasteiger partial charge in [0.15, 0.2) is 0 Å². The molecule has 2 nitrogen and oxygen atoms in total. The Labute approximate surface area is 160 Å². The van der Waals surface area contributed by atoms with E-state index < -0.39 is 0 Å². The molecule has 148 valence electrons. The van der Waals surface area contributed by atoms with E-state index in [2.05, 4.69) is 27.7 Å². The zero-order valence-electron chi connectivity index (χ0n) is 17.5. The predicted molar refractivity (Wildman–Crippen MR) is 106 cm³/mol. The molecule has 9 atom stereocenters. The molecule has 4 fully saturated rings. The molecule has 0 bridgehead atoms. The minimum absolute atomic E-state index is 0.169. The maximum atomic E-state index is 13.3. The van der Waals surface area contributed by atoms with E-state index in [-0.39, 0.29) is 6.10 Å². The zero-order chi connectivity index (χ0) is 18.7. The molecule has 4 aliphatic rings. The van der Waals surface area contributed by atoms with Gasteiger partial charge in [-0.05, 0) is 85.4 Å². The average Bonchev–Trinajstić information content (AvgIpc) is 2.94. The summed E-state index contributed by atoms with van der Waals surface area (Å²) in [4.78, 5) is 13.3. The van der Waals surface area contributed by atoms with Gasteiger partial charge in [-0.15, -0.1) is 0 Å². The van der Waals surface area contributed by atoms with E-state index in [4.69, 9.17) is 0 Å². The van der Waals surface area contributed by atoms with Crippen LogP contribution in [0.4, 0.5) is 0 Å². The molecular weight excluding hydrogens is 320 g/mol. The number of aliphatic hydroxyl groups is 1. The van der Waals surface area contributed by atoms with E-state index in [0.29, 0.717) is 40.3 Å². The van der Waals surface area contributed by atoms with Gasteiger partial charge in [-0.25, -0.2) is 0 Å². The number of Topliss-reactive ketones (excluding diaryl/α,β-unsaturated/α-hetero) is 1. The maximum Gasteiger partial charge on any atom is 0.136 e. The van der Waals surface area contributed by atoms with E-state index in [1.54, 1.807) is 0 Å². The third-order valence-corrected chi connectivity index (χ3v) is 9.95. The molecule has 0 heterocycles. The Hall–Kier alpha value is -0.370. The van der Waals surface area contributed by atoms with Crippen LogP contribution in [0.25, 0.3) is 0 Å². The van der Waals surface area contributed by atoms with Crippen molar-refractivity contribution >= 4 is 5.78 Å². The predicted octanol–water partition coefficient (Wildman–Crippen LogP) is 5.62. The highest BCUT2D eigenvalue weighted by Crippen LogP contribution is 2.67. The van der Waals surface area contributed by atoms with Gasteiger partial charge in [-0.1, -0.05) is 40.5 Å². The summed E-state index contributed by atoms with van der Waals surface area (Å²) in [6.07, 6.45) is 11.4. The lowest BCUT2D eigenvalue weighted by Gasteiger charge is -2.60. The summed E-state index contributed by atoms with van der Waals surface area (Å²) in [5, 5.41) is 10.2. The second kappa shape index (κ2) is 6.61. The van der Waals surface area contributed by atoms with Crippen LogP contribution in [0.3, 0.4) is 0 Å². The molecule has 0 aromatic heterocycles. The lowest BCUT2D eigenvalue weighted by atomic mass is 9.44. The molecule has 0 amide bonds. The smallest absolute Gasteiger partial charge is 0.136 e. The van der Waals surface area contributed by atoms with Crippen LogP contribution in [0.5, 0.6) is 0 Å². The molecule has 26 heavy (non-hydrogen) atoms. The topological polar surface area (TPSA) is 37.3 Å². The van der Waals surface area contributed by atoms with Crippen molar-refractivity contribution in [2.24, 2.45) is 46.3 Å². The van der Waals surface area contributed by atoms with Crippen LogP contribution in [0.15, 0.2) is 0 Å². The Kier molecular flexibility index (Phi) is 4.82. The molecule has 2 heteroatoms. The van der Waals surface area contributed by atoms with Gasteiger partial charge in [-0.3, -0.25) is 4.79 Å². The zero-order valence-corrected chi connectivity index (χ0v) is 17.5. The van der Waals surface area contributed by atoms with E-state index in [9.17, 15) is 9.90 Å². The second-order valence-corrected chi connectivity index (χ2v) is 11.0. The minimum Gasteiger partial charge on any atom is -0.393 e. The molecule has 4 rings (SSSR count). The highest BCUT2D eigenvalue weighted by Gasteiger charge is 2.62. The fourth-order valence-electron chi connectivity index (χ4n) is 8.54. The first kappa shape index (κ1) is 19.0. The normalized spacial score (nSPS) is 52.1. The van der Waals surface area contributed by atoms with Crippen molar-refractivity contribution in [2.75, 3.05) is 0 Å². The van der Waals surface area contributed by atoms with E-state index >= 15 is 0 Å². The lowest BCUT2D eigenvalue weighted by Crippen LogP contribution is -2.57. The number of aliphatic hydroxyl groups excluding tert-OH is 1. The molecule has 0 radical (unpaired) electrons. The standard InChI is InChI=1S/C24H40O2/c1-5-6-15(2)18-7-8-19-22-20(10-12-24(18,19)4)23(3)11-9-17(25)13-16(23)14-21(22)26/h15-20,22,25H,5-14H2,1-4H3/t15-,16+,17-,18-,19+,20+,22+,23+,24-/m1/s1. The average molecular weight is 361 g/mol. The Bertz CT molecular complexity index is 556. The van der Waals surface area contributed by atoms with Gasteiger partial charge >= 0.3 is 0 Å². The first-order chi connectivity index (χ1) is 12.3. The van der Waals surface area contributed by atoms with Crippen LogP contribution in [0.1, 0.15) is 91.9 Å². The monoisotopic (exact) mass is 360 g/mol. The summed E-state index contributed by atoms with van der Waals surface area (Å²) < 4.78 is 0. The largest absolute Gasteiger partial charge is 0.393 e. The van der Waals surface area contributed by atoms with Gasteiger partial charge in [0.25, 0.3) is 0 Å². The molecule has 0 unspecified atom stereocenters. The van der Waals surface area contributed by atoms with Crippen molar-refractivity contribution in [2.45, 2.75) is 98.0 Å². The number of rotatable bonds is 3. The fourth-order valence-corrected chi connectivity index (χ4v) is 8.54. The van der Waals surface area contributed by atoms with Gasteiger partial charge in [0, 0.05) is 12.3 Å². The molecule has 1 N–H and O–H groups in total. The summed E-state index contributed by atoms with van der Waals surface area (Å²) in [5.74, 6) is 4.15. The second-order valence-electron chi connectivity index (χ2n) is 11.0. The number of carbonyl (C=O) groups excluding carboxylic acids is 1. The van der Waals surface area contributed by atoms with Gasteiger partial charge in [0.1, 0.15) is 5.78 Å². The minimum atomic E-state index is -0.169. The van der Waals surface area contributed by atoms with Crippen molar-refractivity contribution in [1.29, 1.82) is 0 Å². The Morgan fingerprint density at radius 1 is 1.08 bits per heavy atom. The van der Waals surface area contributed by atoms with Crippen molar-refractivity contribution in [3.05, 3.63) is 0 Å². The first-order valence-corrected chi connectivity index (χ1v) is 11.5. The number of hydrogen-bond donors (Lipinski definition) is 1. The van der Waals surface area contributed by atoms with Gasteiger partial charge in [0.2, 0.25) is 0 Å². The SMILES string of the molecule is CCC[C@@H](C)[C@H]1CC[C@H]2[C@@H]3C(=O)C[C@@H]4C[C@H](O)CC[C@]4(C)[C@H]3CC[C@]12C. The molecule has 0 aromatic carbocycles. The summed E-state index contributed by atoms with van der Waals surface area (Å²) in [5.41, 5.74) is 0.690. The molecule has 4 aliphatic carbocycles. The van der Waals surface area contributed by atoms with Gasteiger partial charge in [-0.2, -0.15) is 0 Å². The van der Waals surface area contributed by atoms with Crippen LogP contribution in [0.2, 0.25) is 0 Å². The molecule has 0 aromatic rings. The molecule has 0 spiro atoms. The number of fused-ring (bicyclic) bond motifs is 5. The molecule has 0 aliphatic heterocycles. The molecule has 0 saturated heterocycles. The van der Waals surface area contributed by atoms with E-state index in [1.807, 2.05) is 0 Å². The fraction of sp³-hybridized carbons (Fsp3) is 0.958. The van der Waals surface area contributed by atoms with Gasteiger partial charge in [0.05, 0.1) is 6.10 Å². The first-order valence-electron chi connectivity index (χ1n) is 11.5. The summed E-state index contributed by atoms with van der Waals surface area (Å²) in [6.45, 7) is 9.80. The quantitative estimate of drug-likeness (QED) is 0.709. The molecule has 4 saturated carbocycles. The highest BCUT2D eigenvalue weighted by atomic mass is 16.3. The van der Waals surface area contributed by atoms with Crippen LogP contribution in [-0.2, 0) is 4.79 Å². The lowest BCUT2D eigenvalue weighted by molar-refractivity contribution is -0.160. The van der Waals surface area contributed by atoms with E-state index in [1.165, 1.54) is 38.5 Å². The van der Waals surface area contributed by atoms with Crippen molar-refractivity contribution in [1.82, 2.24) is 0 Å². The van der Waals surface area contributed by atoms with Crippen LogP contribution in [0, 0.1) is 46.3 Å². The van der Waals surface area contributed by atoms with Gasteiger partial charge < -0.3 is 5.11 Å². The van der Waals surface area contributed by atoms with Crippen LogP contribution >= 0.6 is 0 Å². The van der Waals surface area contributed by atoms with Crippen LogP contribution < -0.4 is 0 Å². The Balaban J connectivity index is 1.62. The summed E-state index contributed by atoms with van der Waals surface area (Å²) >= 11 is 0. The summed E-state index contributed by atoms with van der Waals surface area (Å²) in [6, 6.07) is 0. The third-order valence-electron chi connectivity index (χ3n) is 9.95. The number of ketones is 1. The Morgan fingerprint density at radius 2 is 1.77 bits per heavy atom. The molecular formula is C24H40O2. The van der Waals surface area contributed by atoms with Crippen molar-refractivity contribution < 1.29 is 9.90 Å². The van der Waals surface area contributed by atoms with Crippen molar-refractivity contribution in [3.8, 4) is 0 Å². The van der Waals surface area contributed by atoms with E-state index in [0.717, 1.165) is 37.5 Å². The summed E-state index contributed by atoms with van der Waals surface area (Å²) in [7, 11) is 0. The maximum absolute atomic E-state index is 13.3. The van der Waals surface area contributed by atoms with Crippen molar-refractivity contribution in [3.63, 3.8) is 0 Å². The highest BCUT2D eigenvalue weighted by molar-refractivity contribution is 5.83.